The predicted molar refractivity (Wildman–Crippen MR) is 107 cm³/mol. The highest BCUT2D eigenvalue weighted by Gasteiger charge is 2.21. The normalized spacial score (nSPS) is 11.9. The molecule has 6 heteroatoms. The summed E-state index contributed by atoms with van der Waals surface area (Å²) in [6.07, 6.45) is -0.909. The third kappa shape index (κ3) is 5.76. The van der Waals surface area contributed by atoms with Crippen molar-refractivity contribution in [2.75, 3.05) is 5.32 Å². The molecule has 0 saturated carbocycles. The van der Waals surface area contributed by atoms with Crippen molar-refractivity contribution in [3.8, 4) is 0 Å². The van der Waals surface area contributed by atoms with Gasteiger partial charge in [-0.2, -0.15) is 0 Å². The number of carbonyl (C=O) groups is 3. The Morgan fingerprint density at radius 1 is 1.07 bits per heavy atom. The molecule has 2 rings (SSSR count). The molecule has 144 valence electrons. The van der Waals surface area contributed by atoms with Crippen LogP contribution >= 0.6 is 11.3 Å². The standard InChI is InChI=1S/C21H25NO4S/c1-13(2)16-8-5-7-14(3)20(16)22-21(25)15(4)26-19(24)11-10-17(23)18-9-6-12-27-18/h5-9,12-13,15H,10-11H2,1-4H3,(H,22,25)/t15-/m1/s1. The highest BCUT2D eigenvalue weighted by atomic mass is 32.1. The van der Waals surface area contributed by atoms with Gasteiger partial charge in [-0.05, 0) is 42.3 Å². The Hall–Kier alpha value is -2.47. The summed E-state index contributed by atoms with van der Waals surface area (Å²) < 4.78 is 5.19. The summed E-state index contributed by atoms with van der Waals surface area (Å²) in [5.41, 5.74) is 2.74. The minimum absolute atomic E-state index is 0.0457. The smallest absolute Gasteiger partial charge is 0.307 e. The van der Waals surface area contributed by atoms with Gasteiger partial charge in [0.1, 0.15) is 0 Å². The van der Waals surface area contributed by atoms with Gasteiger partial charge in [-0.15, -0.1) is 11.3 Å². The molecule has 27 heavy (non-hydrogen) atoms. The molecule has 0 bridgehead atoms. The number of Topliss-reactive ketones (excluding diaryl/α,β-unsaturated/α-hetero) is 1. The molecule has 1 N–H and O–H groups in total. The fourth-order valence-electron chi connectivity index (χ4n) is 2.65. The summed E-state index contributed by atoms with van der Waals surface area (Å²) in [5, 5.41) is 4.69. The molecule has 0 unspecified atom stereocenters. The van der Waals surface area contributed by atoms with Crippen LogP contribution in [0.3, 0.4) is 0 Å². The zero-order valence-electron chi connectivity index (χ0n) is 16.1. The molecular weight excluding hydrogens is 362 g/mol. The Morgan fingerprint density at radius 3 is 2.44 bits per heavy atom. The van der Waals surface area contributed by atoms with Gasteiger partial charge in [0.15, 0.2) is 11.9 Å². The first-order valence-electron chi connectivity index (χ1n) is 8.96. The SMILES string of the molecule is Cc1cccc(C(C)C)c1NC(=O)[C@@H](C)OC(=O)CCC(=O)c1cccs1. The lowest BCUT2D eigenvalue weighted by atomic mass is 9.98. The number of ketones is 1. The van der Waals surface area contributed by atoms with E-state index in [0.29, 0.717) is 4.88 Å². The van der Waals surface area contributed by atoms with E-state index in [1.165, 1.54) is 18.3 Å². The predicted octanol–water partition coefficient (Wildman–Crippen LogP) is 4.71. The van der Waals surface area contributed by atoms with Crippen molar-refractivity contribution in [1.82, 2.24) is 0 Å². The largest absolute Gasteiger partial charge is 0.453 e. The second kappa shape index (κ2) is 9.46. The number of hydrogen-bond acceptors (Lipinski definition) is 5. The summed E-state index contributed by atoms with van der Waals surface area (Å²) in [6.45, 7) is 7.56. The molecule has 0 aliphatic carbocycles. The van der Waals surface area contributed by atoms with Crippen molar-refractivity contribution in [3.63, 3.8) is 0 Å². The van der Waals surface area contributed by atoms with Gasteiger partial charge in [0, 0.05) is 12.1 Å². The van der Waals surface area contributed by atoms with Crippen molar-refractivity contribution >= 4 is 34.7 Å². The van der Waals surface area contributed by atoms with E-state index in [4.69, 9.17) is 4.74 Å². The zero-order valence-corrected chi connectivity index (χ0v) is 16.9. The Labute approximate surface area is 163 Å². The van der Waals surface area contributed by atoms with E-state index in [2.05, 4.69) is 19.2 Å². The lowest BCUT2D eigenvalue weighted by molar-refractivity contribution is -0.153. The number of thiophene rings is 1. The number of benzene rings is 1. The second-order valence-electron chi connectivity index (χ2n) is 6.72. The third-order valence-corrected chi connectivity index (χ3v) is 5.12. The first kappa shape index (κ1) is 20.8. The van der Waals surface area contributed by atoms with Crippen LogP contribution in [0, 0.1) is 6.92 Å². The minimum atomic E-state index is -0.936. The maximum Gasteiger partial charge on any atom is 0.307 e. The van der Waals surface area contributed by atoms with Crippen molar-refractivity contribution in [3.05, 3.63) is 51.7 Å². The van der Waals surface area contributed by atoms with Crippen molar-refractivity contribution < 1.29 is 19.1 Å². The quantitative estimate of drug-likeness (QED) is 0.526. The summed E-state index contributed by atoms with van der Waals surface area (Å²) in [6, 6.07) is 9.37. The van der Waals surface area contributed by atoms with E-state index in [1.807, 2.05) is 30.5 Å². The van der Waals surface area contributed by atoms with Gasteiger partial charge >= 0.3 is 5.97 Å². The fraction of sp³-hybridized carbons (Fsp3) is 0.381. The van der Waals surface area contributed by atoms with Gasteiger partial charge in [-0.25, -0.2) is 0 Å². The van der Waals surface area contributed by atoms with Crippen molar-refractivity contribution in [1.29, 1.82) is 0 Å². The maximum absolute atomic E-state index is 12.4. The average Bonchev–Trinajstić information content (AvgIpc) is 3.15. The number of esters is 1. The molecular formula is C21H25NO4S. The number of amides is 1. The van der Waals surface area contributed by atoms with Crippen molar-refractivity contribution in [2.45, 2.75) is 52.6 Å². The number of nitrogens with one attached hydrogen (secondary N) is 1. The number of anilines is 1. The molecule has 0 aliphatic rings. The first-order chi connectivity index (χ1) is 12.8. The van der Waals surface area contributed by atoms with Gasteiger partial charge in [-0.3, -0.25) is 14.4 Å². The molecule has 0 fully saturated rings. The molecule has 0 radical (unpaired) electrons. The lowest BCUT2D eigenvalue weighted by Gasteiger charge is -2.19. The molecule has 1 heterocycles. The van der Waals surface area contributed by atoms with Crippen LogP contribution in [0.25, 0.3) is 0 Å². The van der Waals surface area contributed by atoms with E-state index in [0.717, 1.165) is 16.8 Å². The van der Waals surface area contributed by atoms with Crippen LogP contribution in [0.4, 0.5) is 5.69 Å². The van der Waals surface area contributed by atoms with Crippen molar-refractivity contribution in [2.24, 2.45) is 0 Å². The van der Waals surface area contributed by atoms with Gasteiger partial charge in [0.05, 0.1) is 11.3 Å². The molecule has 0 aliphatic heterocycles. The van der Waals surface area contributed by atoms with Gasteiger partial charge in [0.25, 0.3) is 5.91 Å². The van der Waals surface area contributed by atoms with Gasteiger partial charge < -0.3 is 10.1 Å². The molecule has 1 aromatic carbocycles. The average molecular weight is 388 g/mol. The number of para-hydroxylation sites is 1. The van der Waals surface area contributed by atoms with E-state index >= 15 is 0 Å². The van der Waals surface area contributed by atoms with E-state index in [1.54, 1.807) is 12.1 Å². The number of aryl methyl sites for hydroxylation is 1. The highest BCUT2D eigenvalue weighted by Crippen LogP contribution is 2.27. The Balaban J connectivity index is 1.90. The lowest BCUT2D eigenvalue weighted by Crippen LogP contribution is -2.30. The molecule has 2 aromatic rings. The molecule has 1 amide bonds. The summed E-state index contributed by atoms with van der Waals surface area (Å²) in [7, 11) is 0. The Kier molecular flexibility index (Phi) is 7.30. The molecule has 0 spiro atoms. The van der Waals surface area contributed by atoms with Crippen LogP contribution in [-0.2, 0) is 14.3 Å². The molecule has 1 atom stereocenters. The van der Waals surface area contributed by atoms with Gasteiger partial charge in [0.2, 0.25) is 0 Å². The van der Waals surface area contributed by atoms with E-state index < -0.39 is 12.1 Å². The van der Waals surface area contributed by atoms with E-state index in [9.17, 15) is 14.4 Å². The summed E-state index contributed by atoms with van der Waals surface area (Å²) in [4.78, 5) is 37.0. The summed E-state index contributed by atoms with van der Waals surface area (Å²) >= 11 is 1.34. The van der Waals surface area contributed by atoms with Crippen LogP contribution in [0.15, 0.2) is 35.7 Å². The van der Waals surface area contributed by atoms with Crippen LogP contribution < -0.4 is 5.32 Å². The van der Waals surface area contributed by atoms with Crippen LogP contribution in [-0.4, -0.2) is 23.8 Å². The molecule has 5 nitrogen and oxygen atoms in total. The number of rotatable bonds is 8. The summed E-state index contributed by atoms with van der Waals surface area (Å²) in [5.74, 6) is -0.789. The number of ether oxygens (including phenoxy) is 1. The molecule has 1 aromatic heterocycles. The Morgan fingerprint density at radius 2 is 1.81 bits per heavy atom. The highest BCUT2D eigenvalue weighted by molar-refractivity contribution is 7.12. The minimum Gasteiger partial charge on any atom is -0.453 e. The number of hydrogen-bond donors (Lipinski definition) is 1. The van der Waals surface area contributed by atoms with Crippen LogP contribution in [0.1, 0.15) is 60.3 Å². The topological polar surface area (TPSA) is 72.5 Å². The zero-order chi connectivity index (χ0) is 20.0. The van der Waals surface area contributed by atoms with Gasteiger partial charge in [-0.1, -0.05) is 38.1 Å². The maximum atomic E-state index is 12.4. The molecule has 0 saturated heterocycles. The monoisotopic (exact) mass is 387 g/mol. The Bertz CT molecular complexity index is 812. The van der Waals surface area contributed by atoms with Crippen LogP contribution in [0.2, 0.25) is 0 Å². The van der Waals surface area contributed by atoms with Crippen LogP contribution in [0.5, 0.6) is 0 Å². The third-order valence-electron chi connectivity index (χ3n) is 4.20. The first-order valence-corrected chi connectivity index (χ1v) is 9.84. The fourth-order valence-corrected chi connectivity index (χ4v) is 3.35. The van der Waals surface area contributed by atoms with E-state index in [-0.39, 0.29) is 30.4 Å². The second-order valence-corrected chi connectivity index (χ2v) is 7.66. The number of carbonyl (C=O) groups excluding carboxylic acids is 3.